The summed E-state index contributed by atoms with van der Waals surface area (Å²) >= 11 is 0.983. The van der Waals surface area contributed by atoms with Gasteiger partial charge in [-0.2, -0.15) is 0 Å². The number of carboxylic acids is 1. The van der Waals surface area contributed by atoms with E-state index in [4.69, 9.17) is 5.11 Å². The molecule has 0 spiro atoms. The maximum atomic E-state index is 11.1. The normalized spacial score (nSPS) is 13.8. The lowest BCUT2D eigenvalue weighted by atomic mass is 10.0. The quantitative estimate of drug-likeness (QED) is 0.454. The molecule has 104 valence electrons. The molecule has 0 heterocycles. The Bertz CT molecular complexity index is 467. The van der Waals surface area contributed by atoms with E-state index in [9.17, 15) is 14.9 Å². The standard InChI is InChI=1S/C12H16N2O4S/c1-3-8(2)11(12(15)16)13-19-10-7-5-4-6-9(10)14(17)18/h4-8,11,13H,3H2,1-2H3,(H,15,16)/t8?,11-/m0/s1. The first-order chi connectivity index (χ1) is 8.97. The number of carbonyl (C=O) groups is 1. The first kappa shape index (κ1) is 15.5. The van der Waals surface area contributed by atoms with Crippen molar-refractivity contribution in [1.29, 1.82) is 0 Å². The van der Waals surface area contributed by atoms with E-state index < -0.39 is 16.9 Å². The van der Waals surface area contributed by atoms with Crippen LogP contribution in [0.4, 0.5) is 5.69 Å². The van der Waals surface area contributed by atoms with Gasteiger partial charge in [0.1, 0.15) is 10.9 Å². The van der Waals surface area contributed by atoms with Gasteiger partial charge >= 0.3 is 5.97 Å². The van der Waals surface area contributed by atoms with E-state index in [1.165, 1.54) is 6.07 Å². The second-order valence-electron chi connectivity index (χ2n) is 4.15. The number of nitrogens with zero attached hydrogens (tertiary/aromatic N) is 1. The molecule has 7 heteroatoms. The van der Waals surface area contributed by atoms with E-state index in [-0.39, 0.29) is 11.6 Å². The van der Waals surface area contributed by atoms with Gasteiger partial charge in [-0.15, -0.1) is 0 Å². The molecule has 0 saturated heterocycles. The molecule has 1 aromatic carbocycles. The van der Waals surface area contributed by atoms with Crippen LogP contribution in [0.15, 0.2) is 29.2 Å². The summed E-state index contributed by atoms with van der Waals surface area (Å²) in [5.74, 6) is -1.02. The predicted molar refractivity (Wildman–Crippen MR) is 73.0 cm³/mol. The fourth-order valence-corrected chi connectivity index (χ4v) is 2.45. The molecule has 2 N–H and O–H groups in total. The van der Waals surface area contributed by atoms with E-state index >= 15 is 0 Å². The van der Waals surface area contributed by atoms with Crippen molar-refractivity contribution in [1.82, 2.24) is 4.72 Å². The van der Waals surface area contributed by atoms with Crippen molar-refractivity contribution in [2.75, 3.05) is 0 Å². The molecule has 1 rings (SSSR count). The molecule has 0 amide bonds. The van der Waals surface area contributed by atoms with Crippen LogP contribution in [0, 0.1) is 16.0 Å². The van der Waals surface area contributed by atoms with E-state index in [1.807, 2.05) is 13.8 Å². The number of hydrogen-bond acceptors (Lipinski definition) is 5. The molecule has 6 nitrogen and oxygen atoms in total. The minimum Gasteiger partial charge on any atom is -0.480 e. The lowest BCUT2D eigenvalue weighted by Gasteiger charge is -2.19. The molecule has 1 aromatic rings. The summed E-state index contributed by atoms with van der Waals surface area (Å²) in [5, 5.41) is 20.0. The van der Waals surface area contributed by atoms with Crippen molar-refractivity contribution in [2.24, 2.45) is 5.92 Å². The smallest absolute Gasteiger partial charge is 0.321 e. The van der Waals surface area contributed by atoms with Gasteiger partial charge in [-0.05, 0) is 23.9 Å². The summed E-state index contributed by atoms with van der Waals surface area (Å²) in [4.78, 5) is 21.9. The number of rotatable bonds is 7. The Morgan fingerprint density at radius 3 is 2.68 bits per heavy atom. The topological polar surface area (TPSA) is 92.5 Å². The lowest BCUT2D eigenvalue weighted by Crippen LogP contribution is -2.37. The second-order valence-corrected chi connectivity index (χ2v) is 5.03. The minimum absolute atomic E-state index is 0.0340. The minimum atomic E-state index is -0.958. The van der Waals surface area contributed by atoms with Crippen molar-refractivity contribution >= 4 is 23.6 Å². The van der Waals surface area contributed by atoms with Gasteiger partial charge in [0, 0.05) is 6.07 Å². The Balaban J connectivity index is 2.80. The number of nitro benzene ring substituents is 1. The maximum absolute atomic E-state index is 11.1. The predicted octanol–water partition coefficient (Wildman–Crippen LogP) is 2.69. The van der Waals surface area contributed by atoms with Crippen LogP contribution in [0.25, 0.3) is 0 Å². The summed E-state index contributed by atoms with van der Waals surface area (Å²) in [6.45, 7) is 3.73. The number of carboxylic acid groups (broad SMARTS) is 1. The molecular weight excluding hydrogens is 268 g/mol. The molecule has 1 unspecified atom stereocenters. The van der Waals surface area contributed by atoms with Gasteiger partial charge in [-0.3, -0.25) is 14.9 Å². The number of hydrogen-bond donors (Lipinski definition) is 2. The first-order valence-electron chi connectivity index (χ1n) is 5.86. The molecular formula is C12H16N2O4S. The highest BCUT2D eigenvalue weighted by Gasteiger charge is 2.24. The molecule has 19 heavy (non-hydrogen) atoms. The SMILES string of the molecule is CCC(C)[C@H](NSc1ccccc1[N+](=O)[O-])C(=O)O. The van der Waals surface area contributed by atoms with Crippen molar-refractivity contribution < 1.29 is 14.8 Å². The Morgan fingerprint density at radius 2 is 2.16 bits per heavy atom. The molecule has 0 saturated carbocycles. The van der Waals surface area contributed by atoms with Gasteiger partial charge in [0.05, 0.1) is 4.92 Å². The fourth-order valence-electron chi connectivity index (χ4n) is 1.47. The average Bonchev–Trinajstić information content (AvgIpc) is 2.38. The zero-order valence-electron chi connectivity index (χ0n) is 10.7. The van der Waals surface area contributed by atoms with Gasteiger partial charge in [0.2, 0.25) is 0 Å². The van der Waals surface area contributed by atoms with Crippen LogP contribution in [-0.2, 0) is 4.79 Å². The summed E-state index contributed by atoms with van der Waals surface area (Å²) in [6.07, 6.45) is 0.710. The Hall–Kier alpha value is -1.60. The number of para-hydroxylation sites is 1. The van der Waals surface area contributed by atoms with Gasteiger partial charge in [0.15, 0.2) is 0 Å². The molecule has 0 radical (unpaired) electrons. The molecule has 0 aliphatic carbocycles. The van der Waals surface area contributed by atoms with Crippen molar-refractivity contribution in [3.8, 4) is 0 Å². The molecule has 0 aromatic heterocycles. The van der Waals surface area contributed by atoms with Crippen LogP contribution in [-0.4, -0.2) is 22.0 Å². The fraction of sp³-hybridized carbons (Fsp3) is 0.417. The molecule has 0 aliphatic heterocycles. The third-order valence-corrected chi connectivity index (χ3v) is 3.77. The number of nitro groups is 1. The number of nitrogens with one attached hydrogen (secondary N) is 1. The van der Waals surface area contributed by atoms with Crippen molar-refractivity contribution in [3.05, 3.63) is 34.4 Å². The lowest BCUT2D eigenvalue weighted by molar-refractivity contribution is -0.387. The average molecular weight is 284 g/mol. The van der Waals surface area contributed by atoms with E-state index in [0.29, 0.717) is 11.3 Å². The van der Waals surface area contributed by atoms with Gasteiger partial charge in [-0.25, -0.2) is 4.72 Å². The van der Waals surface area contributed by atoms with Crippen LogP contribution in [0.3, 0.4) is 0 Å². The second kappa shape index (κ2) is 7.10. The maximum Gasteiger partial charge on any atom is 0.321 e. The summed E-state index contributed by atoms with van der Waals surface area (Å²) < 4.78 is 2.79. The summed E-state index contributed by atoms with van der Waals surface area (Å²) in [5.41, 5.74) is -0.0340. The Labute approximate surface area is 115 Å². The van der Waals surface area contributed by atoms with E-state index in [2.05, 4.69) is 4.72 Å². The highest BCUT2D eigenvalue weighted by molar-refractivity contribution is 7.97. The molecule has 0 fully saturated rings. The summed E-state index contributed by atoms with van der Waals surface area (Å²) in [7, 11) is 0. The molecule has 0 bridgehead atoms. The highest BCUT2D eigenvalue weighted by atomic mass is 32.2. The van der Waals surface area contributed by atoms with Crippen LogP contribution < -0.4 is 4.72 Å². The van der Waals surface area contributed by atoms with Gasteiger partial charge in [-0.1, -0.05) is 32.4 Å². The van der Waals surface area contributed by atoms with Crippen LogP contribution in [0.2, 0.25) is 0 Å². The largest absolute Gasteiger partial charge is 0.480 e. The monoisotopic (exact) mass is 284 g/mol. The van der Waals surface area contributed by atoms with Crippen molar-refractivity contribution in [3.63, 3.8) is 0 Å². The molecule has 2 atom stereocenters. The van der Waals surface area contributed by atoms with E-state index in [0.717, 1.165) is 11.9 Å². The van der Waals surface area contributed by atoms with Gasteiger partial charge in [0.25, 0.3) is 5.69 Å². The highest BCUT2D eigenvalue weighted by Crippen LogP contribution is 2.27. The molecule has 0 aliphatic rings. The third-order valence-electron chi connectivity index (χ3n) is 2.84. The van der Waals surface area contributed by atoms with Crippen molar-refractivity contribution in [2.45, 2.75) is 31.2 Å². The first-order valence-corrected chi connectivity index (χ1v) is 6.67. The number of benzene rings is 1. The van der Waals surface area contributed by atoms with Crippen LogP contribution in [0.5, 0.6) is 0 Å². The van der Waals surface area contributed by atoms with Crippen LogP contribution >= 0.6 is 11.9 Å². The van der Waals surface area contributed by atoms with E-state index in [1.54, 1.807) is 18.2 Å². The zero-order chi connectivity index (χ0) is 14.4. The Morgan fingerprint density at radius 1 is 1.53 bits per heavy atom. The zero-order valence-corrected chi connectivity index (χ0v) is 11.5. The van der Waals surface area contributed by atoms with Crippen LogP contribution in [0.1, 0.15) is 20.3 Å². The summed E-state index contributed by atoms with van der Waals surface area (Å²) in [6, 6.07) is 5.49. The Kier molecular flexibility index (Phi) is 5.78. The number of aliphatic carboxylic acids is 1. The third kappa shape index (κ3) is 4.22. The van der Waals surface area contributed by atoms with Gasteiger partial charge < -0.3 is 5.11 Å².